The first-order valence-electron chi connectivity index (χ1n) is 12.0. The zero-order valence-corrected chi connectivity index (χ0v) is 20.5. The predicted molar refractivity (Wildman–Crippen MR) is 144 cm³/mol. The van der Waals surface area contributed by atoms with Crippen LogP contribution < -0.4 is 0 Å². The molecule has 0 radical (unpaired) electrons. The highest BCUT2D eigenvalue weighted by Gasteiger charge is 2.16. The molecule has 5 heteroatoms. The van der Waals surface area contributed by atoms with Crippen LogP contribution in [0.4, 0.5) is 0 Å². The summed E-state index contributed by atoms with van der Waals surface area (Å²) in [5.41, 5.74) is 6.33. The summed E-state index contributed by atoms with van der Waals surface area (Å²) in [5, 5.41) is 6.11. The summed E-state index contributed by atoms with van der Waals surface area (Å²) < 4.78 is 2.23. The zero-order chi connectivity index (χ0) is 25.2. The zero-order valence-electron chi connectivity index (χ0n) is 20.5. The van der Waals surface area contributed by atoms with Crippen molar-refractivity contribution in [3.05, 3.63) is 119 Å². The van der Waals surface area contributed by atoms with Gasteiger partial charge in [0.15, 0.2) is 5.78 Å². The molecule has 5 nitrogen and oxygen atoms in total. The number of oxime groups is 1. The molecule has 0 aliphatic heterocycles. The summed E-state index contributed by atoms with van der Waals surface area (Å²) in [7, 11) is 0. The number of carbonyl (C=O) groups excluding carboxylic acids is 2. The van der Waals surface area contributed by atoms with Crippen molar-refractivity contribution in [2.24, 2.45) is 5.16 Å². The van der Waals surface area contributed by atoms with Gasteiger partial charge in [-0.3, -0.25) is 4.79 Å². The predicted octanol–water partition coefficient (Wildman–Crippen LogP) is 6.93. The lowest BCUT2D eigenvalue weighted by atomic mass is 9.97. The van der Waals surface area contributed by atoms with Gasteiger partial charge in [-0.1, -0.05) is 53.7 Å². The first kappa shape index (κ1) is 23.2. The van der Waals surface area contributed by atoms with Crippen molar-refractivity contribution in [3.8, 4) is 0 Å². The molecular weight excluding hydrogens is 448 g/mol. The summed E-state index contributed by atoms with van der Waals surface area (Å²) in [6.07, 6.45) is 0. The van der Waals surface area contributed by atoms with Gasteiger partial charge in [0.05, 0.1) is 11.3 Å². The van der Waals surface area contributed by atoms with E-state index < -0.39 is 5.97 Å². The fourth-order valence-electron chi connectivity index (χ4n) is 4.58. The smallest absolute Gasteiger partial charge is 0.341 e. The maximum Gasteiger partial charge on any atom is 0.365 e. The Morgan fingerprint density at radius 1 is 0.778 bits per heavy atom. The van der Waals surface area contributed by atoms with Crippen LogP contribution in [0.2, 0.25) is 0 Å². The van der Waals surface area contributed by atoms with Gasteiger partial charge in [-0.05, 0) is 74.4 Å². The number of ketones is 1. The Morgan fingerprint density at radius 3 is 2.06 bits per heavy atom. The summed E-state index contributed by atoms with van der Waals surface area (Å²) in [6, 6.07) is 28.4. The van der Waals surface area contributed by atoms with Crippen LogP contribution >= 0.6 is 0 Å². The minimum absolute atomic E-state index is 0.00844. The molecule has 0 atom stereocenters. The standard InChI is InChI=1S/C31H26N2O3/c1-4-33-28-16-14-23(21(3)32-36-31(35)22-11-6-5-7-12-22)18-26(28)27-19-24(15-17-29(27)33)30(34)25-13-9-8-10-20(25)2/h5-19H,4H2,1-3H3. The second kappa shape index (κ2) is 9.62. The molecule has 0 bridgehead atoms. The van der Waals surface area contributed by atoms with Gasteiger partial charge in [-0.25, -0.2) is 4.79 Å². The van der Waals surface area contributed by atoms with Crippen molar-refractivity contribution < 1.29 is 14.4 Å². The number of hydrogen-bond acceptors (Lipinski definition) is 4. The molecule has 178 valence electrons. The highest BCUT2D eigenvalue weighted by molar-refractivity contribution is 6.16. The van der Waals surface area contributed by atoms with E-state index in [1.807, 2.05) is 74.5 Å². The van der Waals surface area contributed by atoms with Crippen molar-refractivity contribution in [1.82, 2.24) is 4.57 Å². The maximum absolute atomic E-state index is 13.3. The van der Waals surface area contributed by atoms with Crippen LogP contribution in [0.1, 0.15) is 51.3 Å². The van der Waals surface area contributed by atoms with Crippen LogP contribution in [0.5, 0.6) is 0 Å². The summed E-state index contributed by atoms with van der Waals surface area (Å²) in [4.78, 5) is 30.8. The first-order chi connectivity index (χ1) is 17.5. The molecule has 5 aromatic rings. The van der Waals surface area contributed by atoms with Gasteiger partial charge in [0, 0.05) is 39.5 Å². The van der Waals surface area contributed by atoms with Crippen LogP contribution in [-0.4, -0.2) is 22.0 Å². The van der Waals surface area contributed by atoms with Crippen molar-refractivity contribution in [3.63, 3.8) is 0 Å². The Kier molecular flexibility index (Phi) is 6.21. The van der Waals surface area contributed by atoms with E-state index in [1.54, 1.807) is 24.3 Å². The molecule has 0 N–H and O–H groups in total. The monoisotopic (exact) mass is 474 g/mol. The van der Waals surface area contributed by atoms with E-state index in [9.17, 15) is 9.59 Å². The van der Waals surface area contributed by atoms with Crippen LogP contribution in [0.3, 0.4) is 0 Å². The van der Waals surface area contributed by atoms with E-state index >= 15 is 0 Å². The number of rotatable bonds is 6. The number of carbonyl (C=O) groups is 2. The van der Waals surface area contributed by atoms with Gasteiger partial charge in [-0.15, -0.1) is 0 Å². The molecule has 1 aromatic heterocycles. The third kappa shape index (κ3) is 4.20. The maximum atomic E-state index is 13.3. The van der Waals surface area contributed by atoms with E-state index in [4.69, 9.17) is 4.84 Å². The van der Waals surface area contributed by atoms with Gasteiger partial charge in [-0.2, -0.15) is 0 Å². The van der Waals surface area contributed by atoms with Gasteiger partial charge in [0.1, 0.15) is 0 Å². The Bertz CT molecular complexity index is 1650. The molecule has 0 aliphatic rings. The van der Waals surface area contributed by atoms with Gasteiger partial charge in [0.2, 0.25) is 0 Å². The fraction of sp³-hybridized carbons (Fsp3) is 0.129. The lowest BCUT2D eigenvalue weighted by Gasteiger charge is -2.06. The van der Waals surface area contributed by atoms with E-state index in [1.165, 1.54) is 0 Å². The number of hydrogen-bond donors (Lipinski definition) is 0. The van der Waals surface area contributed by atoms with Crippen molar-refractivity contribution >= 4 is 39.3 Å². The van der Waals surface area contributed by atoms with E-state index in [-0.39, 0.29) is 5.78 Å². The molecule has 0 unspecified atom stereocenters. The second-order valence-electron chi connectivity index (χ2n) is 8.77. The van der Waals surface area contributed by atoms with Crippen LogP contribution in [-0.2, 0) is 11.4 Å². The molecule has 0 aliphatic carbocycles. The molecular formula is C31H26N2O3. The number of fused-ring (bicyclic) bond motifs is 3. The molecule has 0 saturated carbocycles. The van der Waals surface area contributed by atoms with Gasteiger partial charge in [0.25, 0.3) is 0 Å². The average molecular weight is 475 g/mol. The lowest BCUT2D eigenvalue weighted by molar-refractivity contribution is 0.0516. The fourth-order valence-corrected chi connectivity index (χ4v) is 4.58. The quantitative estimate of drug-likeness (QED) is 0.116. The number of benzene rings is 4. The molecule has 36 heavy (non-hydrogen) atoms. The van der Waals surface area contributed by atoms with Crippen LogP contribution in [0.25, 0.3) is 21.8 Å². The molecule has 0 fully saturated rings. The van der Waals surface area contributed by atoms with Crippen LogP contribution in [0, 0.1) is 6.92 Å². The Balaban J connectivity index is 1.55. The third-order valence-corrected chi connectivity index (χ3v) is 6.53. The molecule has 5 rings (SSSR count). The summed E-state index contributed by atoms with van der Waals surface area (Å²) >= 11 is 0. The first-order valence-corrected chi connectivity index (χ1v) is 12.0. The minimum atomic E-state index is -0.502. The highest BCUT2D eigenvalue weighted by atomic mass is 16.7. The summed E-state index contributed by atoms with van der Waals surface area (Å²) in [6.45, 7) is 6.67. The van der Waals surface area contributed by atoms with Crippen molar-refractivity contribution in [2.45, 2.75) is 27.3 Å². The second-order valence-corrected chi connectivity index (χ2v) is 8.77. The normalized spacial score (nSPS) is 11.7. The van der Waals surface area contributed by atoms with E-state index in [0.29, 0.717) is 22.4 Å². The molecule has 4 aromatic carbocycles. The van der Waals surface area contributed by atoms with Gasteiger partial charge >= 0.3 is 5.97 Å². The Hall–Kier alpha value is -4.51. The Labute approximate surface area is 209 Å². The average Bonchev–Trinajstić information content (AvgIpc) is 3.24. The SMILES string of the molecule is CCn1c2ccc(C(=O)c3ccccc3C)cc2c2cc(C(C)=NOC(=O)c3ccccc3)ccc21. The number of nitrogens with zero attached hydrogens (tertiary/aromatic N) is 2. The Morgan fingerprint density at radius 2 is 1.39 bits per heavy atom. The minimum Gasteiger partial charge on any atom is -0.341 e. The third-order valence-electron chi connectivity index (χ3n) is 6.53. The highest BCUT2D eigenvalue weighted by Crippen LogP contribution is 2.31. The largest absolute Gasteiger partial charge is 0.365 e. The van der Waals surface area contributed by atoms with E-state index in [2.05, 4.69) is 22.7 Å². The van der Waals surface area contributed by atoms with Gasteiger partial charge < -0.3 is 9.40 Å². The molecule has 0 amide bonds. The van der Waals surface area contributed by atoms with E-state index in [0.717, 1.165) is 39.5 Å². The molecule has 0 spiro atoms. The number of aryl methyl sites for hydroxylation is 2. The van der Waals surface area contributed by atoms with Crippen molar-refractivity contribution in [2.75, 3.05) is 0 Å². The van der Waals surface area contributed by atoms with Crippen molar-refractivity contribution in [1.29, 1.82) is 0 Å². The van der Waals surface area contributed by atoms with Crippen LogP contribution in [0.15, 0.2) is 96.2 Å². The molecule has 0 saturated heterocycles. The lowest BCUT2D eigenvalue weighted by Crippen LogP contribution is -2.03. The topological polar surface area (TPSA) is 60.7 Å². The molecule has 1 heterocycles. The number of aromatic nitrogens is 1. The summed E-state index contributed by atoms with van der Waals surface area (Å²) in [5.74, 6) is -0.493.